The number of carbonyl (C=O) groups is 2. The van der Waals surface area contributed by atoms with Crippen LogP contribution in [0.1, 0.15) is 40.5 Å². The molecule has 0 saturated heterocycles. The van der Waals surface area contributed by atoms with Crippen LogP contribution in [0.4, 0.5) is 0 Å². The van der Waals surface area contributed by atoms with Crippen molar-refractivity contribution < 1.29 is 9.59 Å². The highest BCUT2D eigenvalue weighted by molar-refractivity contribution is 5.77. The highest BCUT2D eigenvalue weighted by Gasteiger charge is 2.19. The first-order chi connectivity index (χ1) is 8.27. The van der Waals surface area contributed by atoms with Crippen LogP contribution >= 0.6 is 0 Å². The molecule has 0 fully saturated rings. The normalized spacial score (nSPS) is 15.2. The van der Waals surface area contributed by atoms with Crippen molar-refractivity contribution in [2.45, 2.75) is 40.5 Å². The van der Waals surface area contributed by atoms with Crippen molar-refractivity contribution in [2.24, 2.45) is 35.1 Å². The van der Waals surface area contributed by atoms with E-state index in [1.54, 1.807) is 0 Å². The summed E-state index contributed by atoms with van der Waals surface area (Å²) in [5, 5.41) is 0. The standard InChI is InChI=1S/C14H26N2O2/c1-9(2)11(13(15)17)7-5-6-8-12(10(3)4)14(16)18/h5-6,9-12H,7-8H2,1-4H3,(H2,15,17)(H2,16,18)/b6-5+/t11-,12-/m0/s1. The minimum Gasteiger partial charge on any atom is -0.369 e. The van der Waals surface area contributed by atoms with Gasteiger partial charge in [0.05, 0.1) is 0 Å². The van der Waals surface area contributed by atoms with E-state index in [2.05, 4.69) is 0 Å². The quantitative estimate of drug-likeness (QED) is 0.647. The zero-order valence-corrected chi connectivity index (χ0v) is 11.8. The van der Waals surface area contributed by atoms with Crippen LogP contribution in [0.15, 0.2) is 12.2 Å². The number of hydrogen-bond donors (Lipinski definition) is 2. The maximum atomic E-state index is 11.2. The second kappa shape index (κ2) is 7.90. The molecule has 0 heterocycles. The number of allylic oxidation sites excluding steroid dienone is 2. The predicted molar refractivity (Wildman–Crippen MR) is 73.4 cm³/mol. The van der Waals surface area contributed by atoms with E-state index in [0.29, 0.717) is 12.8 Å². The Hall–Kier alpha value is -1.32. The molecule has 0 aromatic carbocycles. The molecule has 0 saturated carbocycles. The molecule has 4 nitrogen and oxygen atoms in total. The van der Waals surface area contributed by atoms with Gasteiger partial charge in [-0.2, -0.15) is 0 Å². The summed E-state index contributed by atoms with van der Waals surface area (Å²) in [6, 6.07) is 0. The van der Waals surface area contributed by atoms with Crippen molar-refractivity contribution >= 4 is 11.8 Å². The summed E-state index contributed by atoms with van der Waals surface area (Å²) in [4.78, 5) is 22.4. The molecule has 0 aromatic heterocycles. The molecule has 104 valence electrons. The van der Waals surface area contributed by atoms with E-state index in [9.17, 15) is 9.59 Å². The molecule has 4 N–H and O–H groups in total. The summed E-state index contributed by atoms with van der Waals surface area (Å²) in [6.07, 6.45) is 5.09. The Kier molecular flexibility index (Phi) is 7.32. The number of carbonyl (C=O) groups excluding carboxylic acids is 2. The lowest BCUT2D eigenvalue weighted by Crippen LogP contribution is -2.27. The molecule has 0 bridgehead atoms. The lowest BCUT2D eigenvalue weighted by Gasteiger charge is -2.16. The van der Waals surface area contributed by atoms with E-state index in [1.807, 2.05) is 39.8 Å². The summed E-state index contributed by atoms with van der Waals surface area (Å²) in [5.41, 5.74) is 10.7. The zero-order valence-electron chi connectivity index (χ0n) is 11.8. The number of hydrogen-bond acceptors (Lipinski definition) is 2. The summed E-state index contributed by atoms with van der Waals surface area (Å²) < 4.78 is 0. The van der Waals surface area contributed by atoms with Crippen molar-refractivity contribution in [3.63, 3.8) is 0 Å². The van der Waals surface area contributed by atoms with Gasteiger partial charge in [-0.15, -0.1) is 0 Å². The molecule has 2 atom stereocenters. The molecular weight excluding hydrogens is 228 g/mol. The third-order valence-corrected chi connectivity index (χ3v) is 3.29. The molecule has 0 aliphatic heterocycles. The first-order valence-electron chi connectivity index (χ1n) is 6.51. The highest BCUT2D eigenvalue weighted by Crippen LogP contribution is 2.18. The zero-order chi connectivity index (χ0) is 14.3. The van der Waals surface area contributed by atoms with Gasteiger partial charge in [-0.05, 0) is 24.7 Å². The van der Waals surface area contributed by atoms with E-state index >= 15 is 0 Å². The largest absolute Gasteiger partial charge is 0.369 e. The van der Waals surface area contributed by atoms with E-state index in [0.717, 1.165) is 0 Å². The fraction of sp³-hybridized carbons (Fsp3) is 0.714. The first kappa shape index (κ1) is 16.7. The molecule has 0 aromatic rings. The van der Waals surface area contributed by atoms with Crippen LogP contribution in [-0.4, -0.2) is 11.8 Å². The van der Waals surface area contributed by atoms with Gasteiger partial charge in [0.25, 0.3) is 0 Å². The summed E-state index contributed by atoms with van der Waals surface area (Å²) in [6.45, 7) is 7.90. The third-order valence-electron chi connectivity index (χ3n) is 3.29. The SMILES string of the molecule is CC(C)[C@H](C/C=C/C[C@H](C(N)=O)C(C)C)C(N)=O. The minimum absolute atomic E-state index is 0.146. The van der Waals surface area contributed by atoms with E-state index in [1.165, 1.54) is 0 Å². The van der Waals surface area contributed by atoms with Gasteiger partial charge in [-0.1, -0.05) is 39.8 Å². The molecule has 4 heteroatoms. The molecule has 0 aliphatic rings. The topological polar surface area (TPSA) is 86.2 Å². The van der Waals surface area contributed by atoms with Gasteiger partial charge in [-0.3, -0.25) is 9.59 Å². The molecule has 0 rings (SSSR count). The Labute approximate surface area is 110 Å². The molecule has 0 spiro atoms. The second-order valence-corrected chi connectivity index (χ2v) is 5.45. The third kappa shape index (κ3) is 5.84. The van der Waals surface area contributed by atoms with Crippen molar-refractivity contribution in [2.75, 3.05) is 0 Å². The first-order valence-corrected chi connectivity index (χ1v) is 6.51. The van der Waals surface area contributed by atoms with Crippen LogP contribution in [0.25, 0.3) is 0 Å². The van der Waals surface area contributed by atoms with Crippen LogP contribution in [0.3, 0.4) is 0 Å². The second-order valence-electron chi connectivity index (χ2n) is 5.45. The van der Waals surface area contributed by atoms with Gasteiger partial charge in [0.2, 0.25) is 11.8 Å². The van der Waals surface area contributed by atoms with Crippen LogP contribution in [0.5, 0.6) is 0 Å². The van der Waals surface area contributed by atoms with Gasteiger partial charge < -0.3 is 11.5 Å². The van der Waals surface area contributed by atoms with Gasteiger partial charge in [0.1, 0.15) is 0 Å². The number of primary amides is 2. The van der Waals surface area contributed by atoms with Crippen LogP contribution < -0.4 is 11.5 Å². The Morgan fingerprint density at radius 1 is 0.833 bits per heavy atom. The fourth-order valence-corrected chi connectivity index (χ4v) is 1.92. The van der Waals surface area contributed by atoms with E-state index in [4.69, 9.17) is 11.5 Å². The number of amides is 2. The molecule has 0 radical (unpaired) electrons. The Bertz CT molecular complexity index is 279. The molecule has 2 amide bonds. The fourth-order valence-electron chi connectivity index (χ4n) is 1.92. The van der Waals surface area contributed by atoms with Crippen molar-refractivity contribution in [3.8, 4) is 0 Å². The predicted octanol–water partition coefficient (Wildman–Crippen LogP) is 1.84. The van der Waals surface area contributed by atoms with Crippen LogP contribution in [-0.2, 0) is 9.59 Å². The minimum atomic E-state index is -0.273. The van der Waals surface area contributed by atoms with Gasteiger partial charge >= 0.3 is 0 Å². The van der Waals surface area contributed by atoms with E-state index < -0.39 is 0 Å². The van der Waals surface area contributed by atoms with Crippen LogP contribution in [0, 0.1) is 23.7 Å². The maximum absolute atomic E-state index is 11.2. The molecule has 0 aliphatic carbocycles. The monoisotopic (exact) mass is 254 g/mol. The van der Waals surface area contributed by atoms with Gasteiger partial charge in [0, 0.05) is 11.8 Å². The van der Waals surface area contributed by atoms with Crippen LogP contribution in [0.2, 0.25) is 0 Å². The number of rotatable bonds is 8. The van der Waals surface area contributed by atoms with Crippen molar-refractivity contribution in [1.82, 2.24) is 0 Å². The average molecular weight is 254 g/mol. The summed E-state index contributed by atoms with van der Waals surface area (Å²) in [7, 11) is 0. The van der Waals surface area contributed by atoms with Gasteiger partial charge in [-0.25, -0.2) is 0 Å². The Balaban J connectivity index is 4.32. The Morgan fingerprint density at radius 2 is 1.11 bits per heavy atom. The summed E-state index contributed by atoms with van der Waals surface area (Å²) >= 11 is 0. The molecular formula is C14H26N2O2. The summed E-state index contributed by atoms with van der Waals surface area (Å²) in [5.74, 6) is -0.386. The molecule has 18 heavy (non-hydrogen) atoms. The Morgan fingerprint density at radius 3 is 1.28 bits per heavy atom. The number of nitrogens with two attached hydrogens (primary N) is 2. The smallest absolute Gasteiger partial charge is 0.221 e. The average Bonchev–Trinajstić information content (AvgIpc) is 2.20. The lowest BCUT2D eigenvalue weighted by molar-refractivity contribution is -0.123. The van der Waals surface area contributed by atoms with Gasteiger partial charge in [0.15, 0.2) is 0 Å². The lowest BCUT2D eigenvalue weighted by atomic mass is 9.89. The highest BCUT2D eigenvalue weighted by atomic mass is 16.1. The molecule has 0 unspecified atom stereocenters. The van der Waals surface area contributed by atoms with E-state index in [-0.39, 0.29) is 35.5 Å². The van der Waals surface area contributed by atoms with Crippen molar-refractivity contribution in [1.29, 1.82) is 0 Å². The maximum Gasteiger partial charge on any atom is 0.221 e. The van der Waals surface area contributed by atoms with Crippen molar-refractivity contribution in [3.05, 3.63) is 12.2 Å².